The molecule has 1 rings (SSSR count). The Morgan fingerprint density at radius 1 is 1.31 bits per heavy atom. The van der Waals surface area contributed by atoms with Crippen LogP contribution in [-0.2, 0) is 10.3 Å². The monoisotopic (exact) mass is 231 g/mol. The summed E-state index contributed by atoms with van der Waals surface area (Å²) in [5, 5.41) is 0. The smallest absolute Gasteiger partial charge is 1.00 e. The van der Waals surface area contributed by atoms with E-state index in [1.807, 2.05) is 0 Å². The number of rotatable bonds is 2. The number of hydrogen-bond acceptors (Lipinski definition) is 2. The molecule has 0 aliphatic carbocycles. The third kappa shape index (κ3) is 3.84. The van der Waals surface area contributed by atoms with E-state index in [0.717, 1.165) is 0 Å². The van der Waals surface area contributed by atoms with Gasteiger partial charge in [-0.05, 0) is 12.1 Å². The minimum atomic E-state index is -4.36. The van der Waals surface area contributed by atoms with Gasteiger partial charge in [-0.1, -0.05) is 18.2 Å². The maximum Gasteiger partial charge on any atom is 1.00 e. The van der Waals surface area contributed by atoms with Crippen LogP contribution in [0.3, 0.4) is 0 Å². The molecule has 1 N–H and O–H groups in total. The van der Waals surface area contributed by atoms with E-state index in [1.165, 1.54) is 12.1 Å². The van der Waals surface area contributed by atoms with Gasteiger partial charge in [0, 0.05) is 11.8 Å². The van der Waals surface area contributed by atoms with Crippen LogP contribution in [0, 0.1) is 0 Å². The van der Waals surface area contributed by atoms with E-state index in [0.29, 0.717) is 0 Å². The molecular weight excluding hydrogens is 225 g/mol. The summed E-state index contributed by atoms with van der Waals surface area (Å²) in [5.74, 6) is 0. The van der Waals surface area contributed by atoms with Crippen molar-refractivity contribution < 1.29 is 44.0 Å². The maximum atomic E-state index is 10.5. The fourth-order valence-corrected chi connectivity index (χ4v) is 1.18. The van der Waals surface area contributed by atoms with E-state index in [1.54, 1.807) is 18.2 Å². The van der Waals surface area contributed by atoms with E-state index in [-0.39, 0.29) is 40.5 Å². The van der Waals surface area contributed by atoms with Gasteiger partial charge in [-0.15, -0.1) is 0 Å². The molecule has 4 nitrogen and oxygen atoms in total. The van der Waals surface area contributed by atoms with Gasteiger partial charge in [-0.3, -0.25) is 4.55 Å². The molecule has 0 aliphatic heterocycles. The molecule has 0 saturated carbocycles. The Bertz CT molecular complexity index is 361. The molecule has 0 radical (unpaired) electrons. The number of benzene rings is 1. The molecule has 0 fully saturated rings. The summed E-state index contributed by atoms with van der Waals surface area (Å²) in [4.78, 5) is 0. The number of para-hydroxylation sites is 1. The van der Waals surface area contributed by atoms with Gasteiger partial charge in [0.1, 0.15) is 0 Å². The second-order valence-corrected chi connectivity index (χ2v) is 3.83. The summed E-state index contributed by atoms with van der Waals surface area (Å²) in [7, 11) is -4.36. The second kappa shape index (κ2) is 5.19. The Morgan fingerprint density at radius 3 is 2.15 bits per heavy atom. The SMILES string of the molecule is O=S(=O)(O)N(Cl)c1ccccc1.[H-].[Na+]. The van der Waals surface area contributed by atoms with Crippen LogP contribution in [0.2, 0.25) is 0 Å². The summed E-state index contributed by atoms with van der Waals surface area (Å²) in [6, 6.07) is 7.84. The number of halogens is 1. The summed E-state index contributed by atoms with van der Waals surface area (Å²) in [6.07, 6.45) is 0. The number of hydrogen-bond donors (Lipinski definition) is 1. The molecule has 0 unspecified atom stereocenters. The van der Waals surface area contributed by atoms with Gasteiger partial charge in [0.25, 0.3) is 0 Å². The summed E-state index contributed by atoms with van der Waals surface area (Å²) in [6.45, 7) is 0. The van der Waals surface area contributed by atoms with Crippen LogP contribution in [0.1, 0.15) is 1.43 Å². The number of nitrogens with zero attached hydrogens (tertiary/aromatic N) is 1. The van der Waals surface area contributed by atoms with Crippen LogP contribution < -0.4 is 33.4 Å². The summed E-state index contributed by atoms with van der Waals surface area (Å²) < 4.78 is 29.7. The molecule has 1 aromatic rings. The zero-order valence-electron chi connectivity index (χ0n) is 7.88. The van der Waals surface area contributed by atoms with Crippen LogP contribution in [0.25, 0.3) is 0 Å². The Labute approximate surface area is 105 Å². The zero-order valence-corrected chi connectivity index (χ0v) is 10.5. The molecule has 7 heteroatoms. The minimum absolute atomic E-state index is 0. The van der Waals surface area contributed by atoms with Crippen LogP contribution in [-0.4, -0.2) is 13.0 Å². The average molecular weight is 232 g/mol. The minimum Gasteiger partial charge on any atom is -1.00 e. The normalized spacial score (nSPS) is 10.3. The first-order valence-electron chi connectivity index (χ1n) is 3.00. The van der Waals surface area contributed by atoms with Crippen molar-refractivity contribution in [2.75, 3.05) is 3.82 Å². The first-order valence-corrected chi connectivity index (χ1v) is 4.74. The molecule has 68 valence electrons. The van der Waals surface area contributed by atoms with Crippen molar-refractivity contribution >= 4 is 27.8 Å². The Kier molecular flexibility index (Phi) is 5.28. The molecule has 0 atom stereocenters. The Balaban J connectivity index is 0. The Morgan fingerprint density at radius 2 is 1.77 bits per heavy atom. The topological polar surface area (TPSA) is 57.6 Å². The van der Waals surface area contributed by atoms with Gasteiger partial charge < -0.3 is 1.43 Å². The molecule has 0 spiro atoms. The fraction of sp³-hybridized carbons (Fsp3) is 0. The van der Waals surface area contributed by atoms with Gasteiger partial charge in [0.05, 0.1) is 5.69 Å². The maximum absolute atomic E-state index is 10.5. The molecule has 1 aromatic carbocycles. The predicted molar refractivity (Wildman–Crippen MR) is 47.4 cm³/mol. The largest absolute Gasteiger partial charge is 1.00 e. The third-order valence-electron chi connectivity index (χ3n) is 1.16. The van der Waals surface area contributed by atoms with E-state index >= 15 is 0 Å². The van der Waals surface area contributed by atoms with Crippen molar-refractivity contribution in [1.29, 1.82) is 0 Å². The van der Waals surface area contributed by atoms with E-state index in [4.69, 9.17) is 16.3 Å². The van der Waals surface area contributed by atoms with Gasteiger partial charge in [0.15, 0.2) is 0 Å². The van der Waals surface area contributed by atoms with E-state index in [9.17, 15) is 8.42 Å². The van der Waals surface area contributed by atoms with Gasteiger partial charge >= 0.3 is 39.9 Å². The van der Waals surface area contributed by atoms with Crippen LogP contribution in [0.4, 0.5) is 5.69 Å². The molecule has 0 aliphatic rings. The van der Waals surface area contributed by atoms with Crippen molar-refractivity contribution in [2.24, 2.45) is 0 Å². The first kappa shape index (κ1) is 13.2. The van der Waals surface area contributed by atoms with Crippen molar-refractivity contribution in [1.82, 2.24) is 0 Å². The third-order valence-corrected chi connectivity index (χ3v) is 2.50. The summed E-state index contributed by atoms with van der Waals surface area (Å²) >= 11 is 5.28. The summed E-state index contributed by atoms with van der Waals surface area (Å²) in [5.41, 5.74) is 0.196. The van der Waals surface area contributed by atoms with E-state index < -0.39 is 10.3 Å². The van der Waals surface area contributed by atoms with Gasteiger partial charge in [0.2, 0.25) is 0 Å². The van der Waals surface area contributed by atoms with Crippen molar-refractivity contribution in [2.45, 2.75) is 0 Å². The van der Waals surface area contributed by atoms with Crippen LogP contribution in [0.5, 0.6) is 0 Å². The Hall–Kier alpha value is 0.220. The van der Waals surface area contributed by atoms with Crippen LogP contribution in [0.15, 0.2) is 30.3 Å². The molecule has 0 aromatic heterocycles. The number of anilines is 1. The molecule has 0 amide bonds. The molecule has 13 heavy (non-hydrogen) atoms. The standard InChI is InChI=1S/C6H6ClNO3S.Na.H/c7-8(12(9,10)11)6-4-2-1-3-5-6;;/h1-5H,(H,9,10,11);;/q;+1;-1. The van der Waals surface area contributed by atoms with Gasteiger partial charge in [-0.25, -0.2) is 0 Å². The van der Waals surface area contributed by atoms with E-state index in [2.05, 4.69) is 0 Å². The van der Waals surface area contributed by atoms with Crippen molar-refractivity contribution in [3.8, 4) is 0 Å². The second-order valence-electron chi connectivity index (χ2n) is 2.03. The molecule has 0 bridgehead atoms. The van der Waals surface area contributed by atoms with Gasteiger partial charge in [-0.2, -0.15) is 12.2 Å². The molecular formula is C6H7ClNNaO3S. The van der Waals surface area contributed by atoms with Crippen molar-refractivity contribution in [3.63, 3.8) is 0 Å². The molecule has 0 heterocycles. The average Bonchev–Trinajstić information content (AvgIpc) is 2.03. The fourth-order valence-electron chi connectivity index (χ4n) is 0.678. The quantitative estimate of drug-likeness (QED) is 0.386. The first-order chi connectivity index (χ1) is 5.52. The van der Waals surface area contributed by atoms with Crippen LogP contribution >= 0.6 is 11.8 Å². The predicted octanol–water partition coefficient (Wildman–Crippen LogP) is -1.43. The molecule has 0 saturated heterocycles. The zero-order chi connectivity index (χ0) is 9.19. The van der Waals surface area contributed by atoms with Crippen molar-refractivity contribution in [3.05, 3.63) is 30.3 Å².